The molecular formula is C15H13Cl2NO2. The molecule has 5 heteroatoms. The van der Waals surface area contributed by atoms with Gasteiger partial charge in [-0.3, -0.25) is 4.99 Å². The van der Waals surface area contributed by atoms with Gasteiger partial charge in [0, 0.05) is 16.8 Å². The van der Waals surface area contributed by atoms with E-state index in [1.165, 1.54) is 6.07 Å². The van der Waals surface area contributed by atoms with Gasteiger partial charge in [0.2, 0.25) is 0 Å². The minimum absolute atomic E-state index is 0.0189. The molecule has 0 aliphatic heterocycles. The van der Waals surface area contributed by atoms with Gasteiger partial charge >= 0.3 is 0 Å². The van der Waals surface area contributed by atoms with E-state index in [0.717, 1.165) is 11.3 Å². The molecule has 0 unspecified atom stereocenters. The molecule has 0 heterocycles. The lowest BCUT2D eigenvalue weighted by atomic mass is 10.2. The van der Waals surface area contributed by atoms with Gasteiger partial charge < -0.3 is 9.84 Å². The number of methoxy groups -OCH3 is 1. The second-order valence-corrected chi connectivity index (χ2v) is 4.99. The number of rotatable bonds is 4. The van der Waals surface area contributed by atoms with Crippen LogP contribution in [0.25, 0.3) is 0 Å². The van der Waals surface area contributed by atoms with Crippen molar-refractivity contribution < 1.29 is 9.84 Å². The van der Waals surface area contributed by atoms with Crippen molar-refractivity contribution in [2.75, 3.05) is 7.11 Å². The zero-order chi connectivity index (χ0) is 14.5. The van der Waals surface area contributed by atoms with Crippen LogP contribution < -0.4 is 4.74 Å². The second-order valence-electron chi connectivity index (χ2n) is 4.14. The zero-order valence-electron chi connectivity index (χ0n) is 10.8. The number of aliphatic imine (C=N–C) groups is 1. The average Bonchev–Trinajstić information content (AvgIpc) is 2.44. The van der Waals surface area contributed by atoms with Gasteiger partial charge in [-0.15, -0.1) is 0 Å². The topological polar surface area (TPSA) is 41.8 Å². The Hall–Kier alpha value is -1.71. The molecule has 0 saturated carbocycles. The van der Waals surface area contributed by atoms with Crippen LogP contribution >= 0.6 is 23.2 Å². The van der Waals surface area contributed by atoms with Crippen molar-refractivity contribution in [2.45, 2.75) is 6.54 Å². The molecule has 2 rings (SSSR count). The largest absolute Gasteiger partial charge is 0.506 e. The first-order chi connectivity index (χ1) is 9.60. The van der Waals surface area contributed by atoms with E-state index in [1.807, 2.05) is 24.3 Å². The van der Waals surface area contributed by atoms with Crippen molar-refractivity contribution in [1.29, 1.82) is 0 Å². The Morgan fingerprint density at radius 1 is 1.20 bits per heavy atom. The Kier molecular flexibility index (Phi) is 4.88. The first-order valence-corrected chi connectivity index (χ1v) is 6.66. The number of ether oxygens (including phenoxy) is 1. The molecule has 2 aromatic carbocycles. The fourth-order valence-corrected chi connectivity index (χ4v) is 2.17. The van der Waals surface area contributed by atoms with Gasteiger partial charge in [-0.1, -0.05) is 35.3 Å². The standard InChI is InChI=1S/C15H13Cl2NO2/c1-20-13-4-2-10(3-5-13)8-18-9-11-6-12(16)7-14(17)15(11)19/h2-7,9,19H,8H2,1H3/b18-9+. The number of hydrogen-bond acceptors (Lipinski definition) is 3. The maximum Gasteiger partial charge on any atom is 0.143 e. The highest BCUT2D eigenvalue weighted by atomic mass is 35.5. The quantitative estimate of drug-likeness (QED) is 0.854. The molecule has 0 bridgehead atoms. The van der Waals surface area contributed by atoms with Crippen LogP contribution in [-0.4, -0.2) is 18.4 Å². The molecule has 104 valence electrons. The lowest BCUT2D eigenvalue weighted by Crippen LogP contribution is -1.87. The molecule has 3 nitrogen and oxygen atoms in total. The Morgan fingerprint density at radius 2 is 1.90 bits per heavy atom. The van der Waals surface area contributed by atoms with Crippen molar-refractivity contribution in [2.24, 2.45) is 4.99 Å². The van der Waals surface area contributed by atoms with E-state index in [2.05, 4.69) is 4.99 Å². The van der Waals surface area contributed by atoms with Gasteiger partial charge in [0.25, 0.3) is 0 Å². The van der Waals surface area contributed by atoms with E-state index in [9.17, 15) is 5.11 Å². The molecular weight excluding hydrogens is 297 g/mol. The molecule has 0 fully saturated rings. The Bertz CT molecular complexity index is 625. The van der Waals surface area contributed by atoms with Crippen molar-refractivity contribution in [3.8, 4) is 11.5 Å². The van der Waals surface area contributed by atoms with E-state index in [0.29, 0.717) is 17.1 Å². The van der Waals surface area contributed by atoms with Crippen LogP contribution in [-0.2, 0) is 6.54 Å². The molecule has 1 N–H and O–H groups in total. The van der Waals surface area contributed by atoms with Gasteiger partial charge in [0.05, 0.1) is 18.7 Å². The molecule has 20 heavy (non-hydrogen) atoms. The summed E-state index contributed by atoms with van der Waals surface area (Å²) in [5.41, 5.74) is 1.53. The summed E-state index contributed by atoms with van der Waals surface area (Å²) in [5, 5.41) is 10.5. The molecule has 0 aromatic heterocycles. The highest BCUT2D eigenvalue weighted by Gasteiger charge is 2.05. The number of nitrogens with zero attached hydrogens (tertiary/aromatic N) is 1. The maximum absolute atomic E-state index is 9.79. The minimum Gasteiger partial charge on any atom is -0.506 e. The van der Waals surface area contributed by atoms with Gasteiger partial charge in [0.1, 0.15) is 11.5 Å². The molecule has 0 spiro atoms. The van der Waals surface area contributed by atoms with Crippen molar-refractivity contribution in [3.05, 3.63) is 57.6 Å². The van der Waals surface area contributed by atoms with Crippen LogP contribution in [0, 0.1) is 0 Å². The van der Waals surface area contributed by atoms with E-state index in [-0.39, 0.29) is 10.8 Å². The number of phenolic OH excluding ortho intramolecular Hbond substituents is 1. The summed E-state index contributed by atoms with van der Waals surface area (Å²) in [5.74, 6) is 0.784. The summed E-state index contributed by atoms with van der Waals surface area (Å²) in [6.45, 7) is 0.494. The van der Waals surface area contributed by atoms with E-state index in [4.69, 9.17) is 27.9 Å². The highest BCUT2D eigenvalue weighted by Crippen LogP contribution is 2.30. The van der Waals surface area contributed by atoms with Crippen LogP contribution in [0.5, 0.6) is 11.5 Å². The van der Waals surface area contributed by atoms with Gasteiger partial charge in [0.15, 0.2) is 0 Å². The first-order valence-electron chi connectivity index (χ1n) is 5.91. The number of phenols is 1. The summed E-state index contributed by atoms with van der Waals surface area (Å²) in [7, 11) is 1.62. The van der Waals surface area contributed by atoms with Crippen LogP contribution in [0.2, 0.25) is 10.0 Å². The number of aromatic hydroxyl groups is 1. The Labute approximate surface area is 127 Å². The molecule has 0 aliphatic carbocycles. The highest BCUT2D eigenvalue weighted by molar-refractivity contribution is 6.36. The fraction of sp³-hybridized carbons (Fsp3) is 0.133. The van der Waals surface area contributed by atoms with E-state index < -0.39 is 0 Å². The summed E-state index contributed by atoms with van der Waals surface area (Å²) in [6.07, 6.45) is 1.55. The Balaban J connectivity index is 2.09. The lowest BCUT2D eigenvalue weighted by Gasteiger charge is -2.03. The maximum atomic E-state index is 9.79. The molecule has 2 aromatic rings. The summed E-state index contributed by atoms with van der Waals surface area (Å²) in [6, 6.07) is 10.7. The minimum atomic E-state index is -0.0189. The zero-order valence-corrected chi connectivity index (χ0v) is 12.3. The van der Waals surface area contributed by atoms with Crippen LogP contribution in [0.4, 0.5) is 0 Å². The predicted molar refractivity (Wildman–Crippen MR) is 82.4 cm³/mol. The van der Waals surface area contributed by atoms with E-state index in [1.54, 1.807) is 19.4 Å². The third-order valence-electron chi connectivity index (χ3n) is 2.72. The van der Waals surface area contributed by atoms with Gasteiger partial charge in [-0.25, -0.2) is 0 Å². The fourth-order valence-electron chi connectivity index (χ4n) is 1.66. The number of halogens is 2. The molecule has 0 saturated heterocycles. The molecule has 0 aliphatic rings. The monoisotopic (exact) mass is 309 g/mol. The summed E-state index contributed by atoms with van der Waals surface area (Å²) >= 11 is 11.7. The van der Waals surface area contributed by atoms with E-state index >= 15 is 0 Å². The van der Waals surface area contributed by atoms with Crippen LogP contribution in [0.3, 0.4) is 0 Å². The number of hydrogen-bond donors (Lipinski definition) is 1. The number of benzene rings is 2. The molecule has 0 amide bonds. The normalized spacial score (nSPS) is 10.9. The third-order valence-corrected chi connectivity index (χ3v) is 3.23. The van der Waals surface area contributed by atoms with Gasteiger partial charge in [-0.05, 0) is 29.8 Å². The summed E-state index contributed by atoms with van der Waals surface area (Å²) in [4.78, 5) is 4.27. The second kappa shape index (κ2) is 6.64. The SMILES string of the molecule is COc1ccc(C/N=C/c2cc(Cl)cc(Cl)c2O)cc1. The predicted octanol–water partition coefficient (Wildman–Crippen LogP) is 4.33. The van der Waals surface area contributed by atoms with Gasteiger partial charge in [-0.2, -0.15) is 0 Å². The van der Waals surface area contributed by atoms with Crippen LogP contribution in [0.1, 0.15) is 11.1 Å². The van der Waals surface area contributed by atoms with Crippen molar-refractivity contribution >= 4 is 29.4 Å². The summed E-state index contributed by atoms with van der Waals surface area (Å²) < 4.78 is 5.08. The smallest absolute Gasteiger partial charge is 0.143 e. The van der Waals surface area contributed by atoms with Crippen molar-refractivity contribution in [3.63, 3.8) is 0 Å². The Morgan fingerprint density at radius 3 is 2.55 bits per heavy atom. The molecule has 0 radical (unpaired) electrons. The molecule has 0 atom stereocenters. The average molecular weight is 310 g/mol. The third kappa shape index (κ3) is 3.65. The van der Waals surface area contributed by atoms with Crippen LogP contribution in [0.15, 0.2) is 41.4 Å². The first kappa shape index (κ1) is 14.7. The van der Waals surface area contributed by atoms with Crippen molar-refractivity contribution in [1.82, 2.24) is 0 Å². The lowest BCUT2D eigenvalue weighted by molar-refractivity contribution is 0.414.